The van der Waals surface area contributed by atoms with Crippen molar-refractivity contribution in [3.8, 4) is 0 Å². The van der Waals surface area contributed by atoms with Crippen LogP contribution in [-0.2, 0) is 23.1 Å². The Morgan fingerprint density at radius 3 is 2.58 bits per heavy atom. The molecule has 0 radical (unpaired) electrons. The molecule has 2 N–H and O–H groups in total. The van der Waals surface area contributed by atoms with Crippen molar-refractivity contribution in [1.82, 2.24) is 20.1 Å². The van der Waals surface area contributed by atoms with Crippen LogP contribution in [0.25, 0.3) is 0 Å². The standard InChI is InChI=1S/C17H23N5O2/c1-12-14(13(2)22(3)21-12)7-8-16(23)19-11-9-17(24)20-15-6-4-5-10-18-15/h4-6,10H,7-9,11H2,1-3H3,(H,19,23)(H,18,20,24). The fourth-order valence-electron chi connectivity index (χ4n) is 2.46. The minimum atomic E-state index is -0.173. The Bertz CT molecular complexity index is 709. The number of rotatable bonds is 7. The van der Waals surface area contributed by atoms with E-state index in [1.807, 2.05) is 25.6 Å². The smallest absolute Gasteiger partial charge is 0.227 e. The lowest BCUT2D eigenvalue weighted by Crippen LogP contribution is -2.28. The normalized spacial score (nSPS) is 10.5. The van der Waals surface area contributed by atoms with Gasteiger partial charge in [0.2, 0.25) is 11.8 Å². The molecule has 0 unspecified atom stereocenters. The SMILES string of the molecule is Cc1nn(C)c(C)c1CCC(=O)NCCC(=O)Nc1ccccn1. The highest BCUT2D eigenvalue weighted by molar-refractivity contribution is 5.90. The number of carbonyl (C=O) groups is 2. The van der Waals surface area contributed by atoms with Gasteiger partial charge in [-0.05, 0) is 38.0 Å². The van der Waals surface area contributed by atoms with Gasteiger partial charge in [-0.25, -0.2) is 4.98 Å². The number of anilines is 1. The number of aromatic nitrogens is 3. The number of amides is 2. The molecule has 0 bridgehead atoms. The predicted octanol–water partition coefficient (Wildman–Crippen LogP) is 1.51. The third kappa shape index (κ3) is 4.91. The van der Waals surface area contributed by atoms with Crippen LogP contribution in [0, 0.1) is 13.8 Å². The molecule has 0 aromatic carbocycles. The highest BCUT2D eigenvalue weighted by Crippen LogP contribution is 2.13. The molecule has 0 saturated carbocycles. The molecular weight excluding hydrogens is 306 g/mol. The van der Waals surface area contributed by atoms with Crippen molar-refractivity contribution in [1.29, 1.82) is 0 Å². The summed E-state index contributed by atoms with van der Waals surface area (Å²) in [6, 6.07) is 5.30. The summed E-state index contributed by atoms with van der Waals surface area (Å²) in [5, 5.41) is 9.79. The van der Waals surface area contributed by atoms with Crippen LogP contribution in [0.1, 0.15) is 29.8 Å². The van der Waals surface area contributed by atoms with Gasteiger partial charge in [-0.3, -0.25) is 14.3 Å². The Kier molecular flexibility index (Phi) is 6.06. The monoisotopic (exact) mass is 329 g/mol. The van der Waals surface area contributed by atoms with Crippen molar-refractivity contribution >= 4 is 17.6 Å². The molecule has 2 aromatic heterocycles. The first kappa shape index (κ1) is 17.7. The summed E-state index contributed by atoms with van der Waals surface area (Å²) >= 11 is 0. The third-order valence-electron chi connectivity index (χ3n) is 3.87. The molecular formula is C17H23N5O2. The third-order valence-corrected chi connectivity index (χ3v) is 3.87. The number of nitrogens with one attached hydrogen (secondary N) is 2. The van der Waals surface area contributed by atoms with E-state index in [1.54, 1.807) is 24.4 Å². The van der Waals surface area contributed by atoms with E-state index >= 15 is 0 Å². The second kappa shape index (κ2) is 8.24. The van der Waals surface area contributed by atoms with Crippen molar-refractivity contribution < 1.29 is 9.59 Å². The first-order valence-corrected chi connectivity index (χ1v) is 7.94. The van der Waals surface area contributed by atoms with E-state index in [0.717, 1.165) is 17.0 Å². The second-order valence-electron chi connectivity index (χ2n) is 5.64. The molecule has 0 aliphatic carbocycles. The van der Waals surface area contributed by atoms with Gasteiger partial charge < -0.3 is 10.6 Å². The first-order chi connectivity index (χ1) is 11.5. The fourth-order valence-corrected chi connectivity index (χ4v) is 2.46. The molecule has 0 atom stereocenters. The summed E-state index contributed by atoms with van der Waals surface area (Å²) in [7, 11) is 1.89. The van der Waals surface area contributed by atoms with Crippen LogP contribution in [0.2, 0.25) is 0 Å². The number of nitrogens with zero attached hydrogens (tertiary/aromatic N) is 3. The summed E-state index contributed by atoms with van der Waals surface area (Å²) in [6.45, 7) is 4.25. The van der Waals surface area contributed by atoms with Crippen LogP contribution in [0.5, 0.6) is 0 Å². The quantitative estimate of drug-likeness (QED) is 0.806. The van der Waals surface area contributed by atoms with E-state index in [9.17, 15) is 9.59 Å². The van der Waals surface area contributed by atoms with Gasteiger partial charge in [-0.1, -0.05) is 6.07 Å². The maximum absolute atomic E-state index is 11.9. The molecule has 0 spiro atoms. The Hall–Kier alpha value is -2.70. The van der Waals surface area contributed by atoms with Crippen molar-refractivity contribution in [2.45, 2.75) is 33.1 Å². The number of hydrogen-bond acceptors (Lipinski definition) is 4. The van der Waals surface area contributed by atoms with Gasteiger partial charge in [0.15, 0.2) is 0 Å². The topological polar surface area (TPSA) is 88.9 Å². The Labute approximate surface area is 141 Å². The minimum absolute atomic E-state index is 0.0664. The predicted molar refractivity (Wildman–Crippen MR) is 91.5 cm³/mol. The molecule has 24 heavy (non-hydrogen) atoms. The van der Waals surface area contributed by atoms with Gasteiger partial charge in [0.25, 0.3) is 0 Å². The molecule has 7 nitrogen and oxygen atoms in total. The van der Waals surface area contributed by atoms with Gasteiger partial charge in [0.05, 0.1) is 5.69 Å². The molecule has 128 valence electrons. The summed E-state index contributed by atoms with van der Waals surface area (Å²) in [4.78, 5) is 27.7. The van der Waals surface area contributed by atoms with E-state index in [0.29, 0.717) is 25.2 Å². The molecule has 0 aliphatic heterocycles. The van der Waals surface area contributed by atoms with Gasteiger partial charge in [0, 0.05) is 38.3 Å². The van der Waals surface area contributed by atoms with Crippen LogP contribution in [-0.4, -0.2) is 33.1 Å². The van der Waals surface area contributed by atoms with Crippen LogP contribution in [0.3, 0.4) is 0 Å². The first-order valence-electron chi connectivity index (χ1n) is 7.94. The van der Waals surface area contributed by atoms with Gasteiger partial charge in [0.1, 0.15) is 5.82 Å². The number of aryl methyl sites for hydroxylation is 2. The van der Waals surface area contributed by atoms with Crippen LogP contribution in [0.15, 0.2) is 24.4 Å². The number of hydrogen-bond donors (Lipinski definition) is 2. The van der Waals surface area contributed by atoms with Crippen molar-refractivity contribution in [3.05, 3.63) is 41.3 Å². The highest BCUT2D eigenvalue weighted by Gasteiger charge is 2.11. The minimum Gasteiger partial charge on any atom is -0.356 e. The van der Waals surface area contributed by atoms with Crippen molar-refractivity contribution in [3.63, 3.8) is 0 Å². The zero-order valence-corrected chi connectivity index (χ0v) is 14.3. The van der Waals surface area contributed by atoms with Crippen molar-refractivity contribution in [2.24, 2.45) is 7.05 Å². The molecule has 2 rings (SSSR count). The molecule has 2 amide bonds. The van der Waals surface area contributed by atoms with Crippen LogP contribution in [0.4, 0.5) is 5.82 Å². The molecule has 2 heterocycles. The van der Waals surface area contributed by atoms with Crippen molar-refractivity contribution in [2.75, 3.05) is 11.9 Å². The van der Waals surface area contributed by atoms with E-state index in [-0.39, 0.29) is 18.2 Å². The van der Waals surface area contributed by atoms with Gasteiger partial charge in [-0.2, -0.15) is 5.10 Å². The molecule has 2 aromatic rings. The zero-order chi connectivity index (χ0) is 17.5. The van der Waals surface area contributed by atoms with Gasteiger partial charge >= 0.3 is 0 Å². The largest absolute Gasteiger partial charge is 0.356 e. The maximum atomic E-state index is 11.9. The summed E-state index contributed by atoms with van der Waals surface area (Å²) in [5.74, 6) is 0.271. The molecule has 0 aliphatic rings. The summed E-state index contributed by atoms with van der Waals surface area (Å²) in [5.41, 5.74) is 3.15. The summed E-state index contributed by atoms with van der Waals surface area (Å²) in [6.07, 6.45) is 2.86. The highest BCUT2D eigenvalue weighted by atomic mass is 16.2. The maximum Gasteiger partial charge on any atom is 0.227 e. The number of carbonyl (C=O) groups excluding carboxylic acids is 2. The Balaban J connectivity index is 1.69. The average molecular weight is 329 g/mol. The Morgan fingerprint density at radius 1 is 1.17 bits per heavy atom. The molecule has 0 saturated heterocycles. The molecule has 7 heteroatoms. The van der Waals surface area contributed by atoms with E-state index < -0.39 is 0 Å². The van der Waals surface area contributed by atoms with Crippen LogP contribution < -0.4 is 10.6 Å². The lowest BCUT2D eigenvalue weighted by atomic mass is 10.1. The Morgan fingerprint density at radius 2 is 1.96 bits per heavy atom. The van der Waals surface area contributed by atoms with E-state index in [1.165, 1.54) is 0 Å². The fraction of sp³-hybridized carbons (Fsp3) is 0.412. The van der Waals surface area contributed by atoms with E-state index in [2.05, 4.69) is 20.7 Å². The van der Waals surface area contributed by atoms with Crippen LogP contribution >= 0.6 is 0 Å². The number of pyridine rings is 1. The lowest BCUT2D eigenvalue weighted by molar-refractivity contribution is -0.121. The zero-order valence-electron chi connectivity index (χ0n) is 14.3. The van der Waals surface area contributed by atoms with Gasteiger partial charge in [-0.15, -0.1) is 0 Å². The summed E-state index contributed by atoms with van der Waals surface area (Å²) < 4.78 is 1.82. The van der Waals surface area contributed by atoms with E-state index in [4.69, 9.17) is 0 Å². The molecule has 0 fully saturated rings. The lowest BCUT2D eigenvalue weighted by Gasteiger charge is -2.06. The average Bonchev–Trinajstić information content (AvgIpc) is 2.79. The second-order valence-corrected chi connectivity index (χ2v) is 5.64.